The van der Waals surface area contributed by atoms with Crippen molar-refractivity contribution in [3.05, 3.63) is 82.1 Å². The van der Waals surface area contributed by atoms with Gasteiger partial charge in [0.2, 0.25) is 0 Å². The number of halogens is 1. The predicted molar refractivity (Wildman–Crippen MR) is 108 cm³/mol. The minimum atomic E-state index is -4.68. The first-order valence-electron chi connectivity index (χ1n) is 8.28. The van der Waals surface area contributed by atoms with E-state index in [4.69, 9.17) is 11.6 Å². The Morgan fingerprint density at radius 1 is 1.14 bits per heavy atom. The van der Waals surface area contributed by atoms with Crippen LogP contribution in [0.5, 0.6) is 0 Å². The molecular formula is C20H17ClN2O4S. The van der Waals surface area contributed by atoms with Crippen LogP contribution < -0.4 is 5.32 Å². The predicted octanol–water partition coefficient (Wildman–Crippen LogP) is 4.57. The molecule has 3 rings (SSSR count). The van der Waals surface area contributed by atoms with Crippen molar-refractivity contribution >= 4 is 38.9 Å². The van der Waals surface area contributed by atoms with Gasteiger partial charge in [0.15, 0.2) is 5.78 Å². The minimum absolute atomic E-state index is 0.0117. The van der Waals surface area contributed by atoms with Crippen molar-refractivity contribution in [1.82, 2.24) is 4.98 Å². The highest BCUT2D eigenvalue weighted by Crippen LogP contribution is 2.38. The fourth-order valence-corrected chi connectivity index (χ4v) is 4.10. The third-order valence-corrected chi connectivity index (χ3v) is 5.64. The van der Waals surface area contributed by atoms with Crippen LogP contribution in [-0.4, -0.2) is 23.7 Å². The summed E-state index contributed by atoms with van der Waals surface area (Å²) in [6.07, 6.45) is 3.11. The van der Waals surface area contributed by atoms with E-state index in [0.29, 0.717) is 11.3 Å². The van der Waals surface area contributed by atoms with Gasteiger partial charge in [-0.05, 0) is 37.1 Å². The Balaban J connectivity index is 2.21. The molecule has 1 heterocycles. The van der Waals surface area contributed by atoms with Crippen LogP contribution in [0.15, 0.2) is 59.8 Å². The van der Waals surface area contributed by atoms with Crippen LogP contribution in [0, 0.1) is 13.8 Å². The van der Waals surface area contributed by atoms with E-state index in [-0.39, 0.29) is 21.8 Å². The highest BCUT2D eigenvalue weighted by Gasteiger charge is 2.27. The van der Waals surface area contributed by atoms with Gasteiger partial charge in [0.1, 0.15) is 4.90 Å². The zero-order valence-electron chi connectivity index (χ0n) is 15.1. The molecule has 0 saturated heterocycles. The molecule has 144 valence electrons. The fourth-order valence-electron chi connectivity index (χ4n) is 2.87. The van der Waals surface area contributed by atoms with Gasteiger partial charge >= 0.3 is 0 Å². The van der Waals surface area contributed by atoms with E-state index in [1.165, 1.54) is 19.2 Å². The number of hydrogen-bond donors (Lipinski definition) is 2. The fraction of sp³-hybridized carbons (Fsp3) is 0.100. The summed E-state index contributed by atoms with van der Waals surface area (Å²) in [7, 11) is -4.68. The van der Waals surface area contributed by atoms with E-state index in [1.54, 1.807) is 42.6 Å². The summed E-state index contributed by atoms with van der Waals surface area (Å²) >= 11 is 6.34. The molecule has 0 unspecified atom stereocenters. The van der Waals surface area contributed by atoms with Crippen molar-refractivity contribution < 1.29 is 17.8 Å². The second-order valence-corrected chi connectivity index (χ2v) is 7.99. The van der Waals surface area contributed by atoms with Gasteiger partial charge in [-0.25, -0.2) is 0 Å². The molecule has 0 bridgehead atoms. The number of ketones is 1. The van der Waals surface area contributed by atoms with Gasteiger partial charge in [-0.2, -0.15) is 8.42 Å². The summed E-state index contributed by atoms with van der Waals surface area (Å²) < 4.78 is 34.1. The first kappa shape index (κ1) is 20.0. The topological polar surface area (TPSA) is 96.4 Å². The molecule has 0 fully saturated rings. The van der Waals surface area contributed by atoms with Gasteiger partial charge in [0.05, 0.1) is 22.6 Å². The number of aryl methyl sites for hydroxylation is 1. The summed E-state index contributed by atoms with van der Waals surface area (Å²) in [6.45, 7) is 3.27. The zero-order valence-corrected chi connectivity index (χ0v) is 16.7. The number of nitrogens with zero attached hydrogens (tertiary/aromatic N) is 1. The number of carbonyl (C=O) groups excluding carboxylic acids is 1. The molecule has 2 aromatic carbocycles. The quantitative estimate of drug-likeness (QED) is 0.467. The lowest BCUT2D eigenvalue weighted by Gasteiger charge is -2.18. The molecule has 0 atom stereocenters. The lowest BCUT2D eigenvalue weighted by Crippen LogP contribution is -2.12. The molecule has 0 spiro atoms. The van der Waals surface area contributed by atoms with E-state index >= 15 is 0 Å². The second-order valence-electron chi connectivity index (χ2n) is 6.22. The van der Waals surface area contributed by atoms with Crippen molar-refractivity contribution in [1.29, 1.82) is 0 Å². The lowest BCUT2D eigenvalue weighted by atomic mass is 9.98. The molecule has 0 aliphatic heterocycles. The van der Waals surface area contributed by atoms with E-state index < -0.39 is 20.8 Å². The average Bonchev–Trinajstić information content (AvgIpc) is 2.65. The largest absolute Gasteiger partial charge is 0.352 e. The molecule has 0 aliphatic carbocycles. The van der Waals surface area contributed by atoms with Crippen LogP contribution in [0.25, 0.3) is 0 Å². The minimum Gasteiger partial charge on any atom is -0.352 e. The number of anilines is 2. The number of rotatable bonds is 5. The number of benzene rings is 2. The summed E-state index contributed by atoms with van der Waals surface area (Å²) in [5, 5.41) is 2.90. The van der Waals surface area contributed by atoms with E-state index in [0.717, 1.165) is 5.56 Å². The van der Waals surface area contributed by atoms with Gasteiger partial charge in [0, 0.05) is 17.3 Å². The van der Waals surface area contributed by atoms with Crippen LogP contribution in [0.2, 0.25) is 5.02 Å². The molecule has 28 heavy (non-hydrogen) atoms. The molecule has 0 radical (unpaired) electrons. The van der Waals surface area contributed by atoms with Crippen molar-refractivity contribution in [2.24, 2.45) is 0 Å². The molecule has 8 heteroatoms. The molecule has 2 N–H and O–H groups in total. The lowest BCUT2D eigenvalue weighted by molar-refractivity contribution is 0.103. The maximum atomic E-state index is 12.9. The van der Waals surface area contributed by atoms with E-state index in [9.17, 15) is 17.8 Å². The molecule has 0 amide bonds. The Kier molecular flexibility index (Phi) is 5.51. The first-order chi connectivity index (χ1) is 13.2. The molecule has 0 aliphatic rings. The Bertz CT molecular complexity index is 1160. The number of carbonyl (C=O) groups is 1. The van der Waals surface area contributed by atoms with Gasteiger partial charge < -0.3 is 5.32 Å². The van der Waals surface area contributed by atoms with Crippen molar-refractivity contribution in [2.75, 3.05) is 5.32 Å². The zero-order chi connectivity index (χ0) is 20.5. The van der Waals surface area contributed by atoms with Crippen LogP contribution >= 0.6 is 11.6 Å². The van der Waals surface area contributed by atoms with Crippen LogP contribution in [0.3, 0.4) is 0 Å². The summed E-state index contributed by atoms with van der Waals surface area (Å²) in [5.41, 5.74) is 1.89. The standard InChI is InChI=1S/C20H17ClN2O4S/c1-12-8-9-22-11-17(12)23-18-16(21)10-15(13(2)20(18)28(25,26)27)19(24)14-6-4-3-5-7-14/h3-11,23H,1-2H3,(H,25,26,27). The van der Waals surface area contributed by atoms with Crippen LogP contribution in [0.4, 0.5) is 11.4 Å². The van der Waals surface area contributed by atoms with Crippen molar-refractivity contribution in [3.8, 4) is 0 Å². The smallest absolute Gasteiger partial charge is 0.296 e. The molecule has 3 aromatic rings. The molecular weight excluding hydrogens is 400 g/mol. The summed E-state index contributed by atoms with van der Waals surface area (Å²) in [4.78, 5) is 16.4. The summed E-state index contributed by atoms with van der Waals surface area (Å²) in [6, 6.07) is 11.5. The maximum absolute atomic E-state index is 12.9. The summed E-state index contributed by atoms with van der Waals surface area (Å²) in [5.74, 6) is -0.394. The highest BCUT2D eigenvalue weighted by molar-refractivity contribution is 7.86. The maximum Gasteiger partial charge on any atom is 0.296 e. The SMILES string of the molecule is Cc1ccncc1Nc1c(Cl)cc(C(=O)c2ccccc2)c(C)c1S(=O)(=O)O. The number of nitrogens with one attached hydrogen (secondary N) is 1. The Hall–Kier alpha value is -2.74. The Morgan fingerprint density at radius 3 is 2.43 bits per heavy atom. The van der Waals surface area contributed by atoms with Crippen molar-refractivity contribution in [2.45, 2.75) is 18.7 Å². The molecule has 1 aromatic heterocycles. The second kappa shape index (κ2) is 7.71. The van der Waals surface area contributed by atoms with Crippen molar-refractivity contribution in [3.63, 3.8) is 0 Å². The van der Waals surface area contributed by atoms with Gasteiger partial charge in [-0.15, -0.1) is 0 Å². The number of pyridine rings is 1. The average molecular weight is 417 g/mol. The van der Waals surface area contributed by atoms with Gasteiger partial charge in [0.25, 0.3) is 10.1 Å². The van der Waals surface area contributed by atoms with E-state index in [2.05, 4.69) is 10.3 Å². The first-order valence-corrected chi connectivity index (χ1v) is 10.1. The monoisotopic (exact) mass is 416 g/mol. The number of aromatic nitrogens is 1. The number of hydrogen-bond acceptors (Lipinski definition) is 5. The van der Waals surface area contributed by atoms with E-state index in [1.807, 2.05) is 6.92 Å². The highest BCUT2D eigenvalue weighted by atomic mass is 35.5. The van der Waals surface area contributed by atoms with Crippen LogP contribution in [0.1, 0.15) is 27.0 Å². The van der Waals surface area contributed by atoms with Gasteiger partial charge in [-0.3, -0.25) is 14.3 Å². The van der Waals surface area contributed by atoms with Gasteiger partial charge in [-0.1, -0.05) is 41.9 Å². The normalized spacial score (nSPS) is 11.3. The third-order valence-electron chi connectivity index (χ3n) is 4.32. The Morgan fingerprint density at radius 2 is 1.82 bits per heavy atom. The Labute approximate surface area is 168 Å². The van der Waals surface area contributed by atoms with Crippen LogP contribution in [-0.2, 0) is 10.1 Å². The molecule has 6 nitrogen and oxygen atoms in total. The molecule has 0 saturated carbocycles. The third kappa shape index (κ3) is 3.91.